The van der Waals surface area contributed by atoms with Crippen LogP contribution in [0.2, 0.25) is 0 Å². The third-order valence-corrected chi connectivity index (χ3v) is 6.84. The molecule has 0 spiro atoms. The lowest BCUT2D eigenvalue weighted by molar-refractivity contribution is 0.0510. The molecule has 5 rings (SSSR count). The van der Waals surface area contributed by atoms with Gasteiger partial charge < -0.3 is 10.1 Å². The van der Waals surface area contributed by atoms with Crippen LogP contribution in [0.5, 0.6) is 0 Å². The van der Waals surface area contributed by atoms with Gasteiger partial charge >= 0.3 is 11.4 Å². The second-order valence-electron chi connectivity index (χ2n) is 8.10. The van der Waals surface area contributed by atoms with Crippen molar-refractivity contribution in [1.29, 1.82) is 0 Å². The van der Waals surface area contributed by atoms with Gasteiger partial charge in [0.1, 0.15) is 0 Å². The van der Waals surface area contributed by atoms with E-state index >= 15 is 0 Å². The van der Waals surface area contributed by atoms with Crippen molar-refractivity contribution in [2.75, 3.05) is 18.5 Å². The predicted octanol–water partition coefficient (Wildman–Crippen LogP) is 2.05. The third-order valence-electron chi connectivity index (χ3n) is 6.84. The molecule has 4 aliphatic rings. The fourth-order valence-electron chi connectivity index (χ4n) is 5.05. The number of aromatic amines is 1. The van der Waals surface area contributed by atoms with E-state index in [2.05, 4.69) is 22.2 Å². The van der Waals surface area contributed by atoms with E-state index in [4.69, 9.17) is 4.74 Å². The van der Waals surface area contributed by atoms with Gasteiger partial charge in [-0.1, -0.05) is 0 Å². The van der Waals surface area contributed by atoms with E-state index in [1.54, 1.807) is 0 Å². The minimum Gasteiger partial charge on any atom is -0.381 e. The van der Waals surface area contributed by atoms with Crippen LogP contribution in [0.4, 0.5) is 5.95 Å². The first kappa shape index (κ1) is 16.8. The molecule has 1 atom stereocenters. The van der Waals surface area contributed by atoms with Crippen molar-refractivity contribution in [2.24, 2.45) is 11.3 Å². The number of hydrogen-bond acceptors (Lipinski definition) is 5. The SMILES string of the molecule is CC(Nc1nc(=O)n(C2CCOCC2)c(=O)[nH]1)C12CCC(CC1)CC2. The Morgan fingerprint density at radius 1 is 1.16 bits per heavy atom. The minimum absolute atomic E-state index is 0.115. The Morgan fingerprint density at radius 2 is 1.80 bits per heavy atom. The van der Waals surface area contributed by atoms with Crippen molar-refractivity contribution in [2.45, 2.75) is 70.4 Å². The van der Waals surface area contributed by atoms with Gasteiger partial charge in [-0.25, -0.2) is 14.2 Å². The van der Waals surface area contributed by atoms with E-state index in [1.807, 2.05) is 0 Å². The molecule has 3 aliphatic carbocycles. The number of anilines is 1. The number of nitrogens with zero attached hydrogens (tertiary/aromatic N) is 2. The van der Waals surface area contributed by atoms with Gasteiger partial charge in [0.05, 0.1) is 0 Å². The van der Waals surface area contributed by atoms with Gasteiger partial charge in [0.25, 0.3) is 0 Å². The zero-order valence-corrected chi connectivity index (χ0v) is 14.9. The Balaban J connectivity index is 1.53. The zero-order chi connectivity index (χ0) is 17.4. The fourth-order valence-corrected chi connectivity index (χ4v) is 5.05. The quantitative estimate of drug-likeness (QED) is 0.869. The summed E-state index contributed by atoms with van der Waals surface area (Å²) in [7, 11) is 0. The molecule has 0 radical (unpaired) electrons. The molecule has 2 heterocycles. The topological polar surface area (TPSA) is 89.0 Å². The molecule has 1 unspecified atom stereocenters. The van der Waals surface area contributed by atoms with Crippen molar-refractivity contribution >= 4 is 5.95 Å². The maximum atomic E-state index is 12.5. The van der Waals surface area contributed by atoms with Gasteiger partial charge in [0, 0.05) is 25.3 Å². The summed E-state index contributed by atoms with van der Waals surface area (Å²) < 4.78 is 6.56. The van der Waals surface area contributed by atoms with E-state index in [-0.39, 0.29) is 23.2 Å². The highest BCUT2D eigenvalue weighted by atomic mass is 16.5. The first-order valence-corrected chi connectivity index (χ1v) is 9.64. The smallest absolute Gasteiger partial charge is 0.355 e. The highest BCUT2D eigenvalue weighted by molar-refractivity contribution is 5.25. The van der Waals surface area contributed by atoms with Crippen LogP contribution in [-0.4, -0.2) is 33.8 Å². The highest BCUT2D eigenvalue weighted by Gasteiger charge is 2.44. The summed E-state index contributed by atoms with van der Waals surface area (Å²) in [5.41, 5.74) is -0.551. The maximum Gasteiger partial charge on any atom is 0.355 e. The summed E-state index contributed by atoms with van der Waals surface area (Å²) in [4.78, 5) is 31.8. The molecule has 138 valence electrons. The van der Waals surface area contributed by atoms with Crippen LogP contribution in [0.3, 0.4) is 0 Å². The molecule has 0 aromatic carbocycles. The Morgan fingerprint density at radius 3 is 2.40 bits per heavy atom. The second-order valence-corrected chi connectivity index (χ2v) is 8.10. The highest BCUT2D eigenvalue weighted by Crippen LogP contribution is 2.52. The Hall–Kier alpha value is -1.63. The van der Waals surface area contributed by atoms with E-state index in [1.165, 1.54) is 43.1 Å². The minimum atomic E-state index is -0.463. The lowest BCUT2D eigenvalue weighted by Gasteiger charge is -2.50. The van der Waals surface area contributed by atoms with E-state index in [9.17, 15) is 9.59 Å². The number of H-pyrrole nitrogens is 1. The molecular formula is C18H28N4O3. The van der Waals surface area contributed by atoms with Crippen LogP contribution in [0.15, 0.2) is 9.59 Å². The molecule has 3 saturated carbocycles. The van der Waals surface area contributed by atoms with Gasteiger partial charge in [-0.15, -0.1) is 0 Å². The average Bonchev–Trinajstić information content (AvgIpc) is 2.63. The van der Waals surface area contributed by atoms with E-state index in [0.29, 0.717) is 32.0 Å². The van der Waals surface area contributed by atoms with Crippen molar-refractivity contribution in [3.63, 3.8) is 0 Å². The largest absolute Gasteiger partial charge is 0.381 e. The van der Waals surface area contributed by atoms with Gasteiger partial charge in [-0.3, -0.25) is 4.98 Å². The van der Waals surface area contributed by atoms with Crippen LogP contribution in [0, 0.1) is 11.3 Å². The summed E-state index contributed by atoms with van der Waals surface area (Å²) in [6.45, 7) is 3.32. The van der Waals surface area contributed by atoms with E-state index < -0.39 is 5.69 Å². The van der Waals surface area contributed by atoms with Crippen LogP contribution in [0.25, 0.3) is 0 Å². The zero-order valence-electron chi connectivity index (χ0n) is 14.9. The molecule has 2 N–H and O–H groups in total. The number of fused-ring (bicyclic) bond motifs is 3. The monoisotopic (exact) mass is 348 g/mol. The first-order valence-electron chi connectivity index (χ1n) is 9.64. The standard InChI is InChI=1S/C18H28N4O3/c1-12(18-7-2-13(3-8-18)4-9-18)19-15-20-16(23)22(17(24)21-15)14-5-10-25-11-6-14/h12-14H,2-11H2,1H3,(H2,19,20,21,23,24). The average molecular weight is 348 g/mol. The molecule has 1 aromatic heterocycles. The summed E-state index contributed by atoms with van der Waals surface area (Å²) >= 11 is 0. The Bertz CT molecular complexity index is 682. The maximum absolute atomic E-state index is 12.5. The Kier molecular flexibility index (Phi) is 4.43. The predicted molar refractivity (Wildman–Crippen MR) is 94.9 cm³/mol. The molecule has 7 heteroatoms. The summed E-state index contributed by atoms with van der Waals surface area (Å²) in [5.74, 6) is 1.23. The lowest BCUT2D eigenvalue weighted by atomic mass is 9.58. The van der Waals surface area contributed by atoms with Crippen LogP contribution in [-0.2, 0) is 4.74 Å². The van der Waals surface area contributed by atoms with Crippen molar-refractivity contribution in [1.82, 2.24) is 14.5 Å². The number of aromatic nitrogens is 3. The van der Waals surface area contributed by atoms with Crippen LogP contribution >= 0.6 is 0 Å². The molecule has 4 fully saturated rings. The molecule has 2 bridgehead atoms. The summed E-state index contributed by atoms with van der Waals surface area (Å²) in [6.07, 6.45) is 8.97. The molecule has 0 amide bonds. The number of rotatable bonds is 4. The number of ether oxygens (including phenoxy) is 1. The second kappa shape index (κ2) is 6.59. The fraction of sp³-hybridized carbons (Fsp3) is 0.833. The van der Waals surface area contributed by atoms with Gasteiger partial charge in [-0.05, 0) is 69.6 Å². The van der Waals surface area contributed by atoms with Crippen molar-refractivity contribution in [3.05, 3.63) is 21.0 Å². The van der Waals surface area contributed by atoms with Crippen LogP contribution in [0.1, 0.15) is 64.3 Å². The van der Waals surface area contributed by atoms with Gasteiger partial charge in [0.2, 0.25) is 5.95 Å². The number of hydrogen-bond donors (Lipinski definition) is 2. The normalized spacial score (nSPS) is 31.0. The third kappa shape index (κ3) is 3.14. The molecule has 1 aromatic rings. The Labute approximate surface area is 147 Å². The molecular weight excluding hydrogens is 320 g/mol. The van der Waals surface area contributed by atoms with E-state index in [0.717, 1.165) is 5.92 Å². The van der Waals surface area contributed by atoms with Crippen molar-refractivity contribution in [3.8, 4) is 0 Å². The first-order chi connectivity index (χ1) is 12.1. The summed E-state index contributed by atoms with van der Waals surface area (Å²) in [5, 5.41) is 3.34. The number of nitrogens with one attached hydrogen (secondary N) is 2. The van der Waals surface area contributed by atoms with Gasteiger partial charge in [-0.2, -0.15) is 4.98 Å². The van der Waals surface area contributed by atoms with Crippen LogP contribution < -0.4 is 16.7 Å². The molecule has 25 heavy (non-hydrogen) atoms. The summed E-state index contributed by atoms with van der Waals surface area (Å²) in [6, 6.07) is 0.0893. The molecule has 1 aliphatic heterocycles. The molecule has 1 saturated heterocycles. The van der Waals surface area contributed by atoms with Gasteiger partial charge in [0.15, 0.2) is 0 Å². The molecule has 7 nitrogen and oxygen atoms in total. The lowest BCUT2D eigenvalue weighted by Crippen LogP contribution is -2.47. The van der Waals surface area contributed by atoms with Crippen molar-refractivity contribution < 1.29 is 4.74 Å².